The Morgan fingerprint density at radius 2 is 2.25 bits per heavy atom. The number of hydrogen-bond donors (Lipinski definition) is 1. The van der Waals surface area contributed by atoms with E-state index >= 15 is 0 Å². The van der Waals surface area contributed by atoms with Gasteiger partial charge in [-0.3, -0.25) is 0 Å². The van der Waals surface area contributed by atoms with Crippen molar-refractivity contribution in [3.05, 3.63) is 29.8 Å². The molecule has 0 spiro atoms. The molecule has 0 aliphatic rings. The molecule has 0 aromatic heterocycles. The normalized spacial score (nSPS) is 11.9. The SMILES string of the molecule is C#CCNCC(C)Oc1ccc(F)cc1F. The van der Waals surface area contributed by atoms with Crippen molar-refractivity contribution >= 4 is 0 Å². The summed E-state index contributed by atoms with van der Waals surface area (Å²) in [5, 5.41) is 2.93. The highest BCUT2D eigenvalue weighted by Gasteiger charge is 2.08. The standard InChI is InChI=1S/C12H13F2NO/c1-3-6-15-8-9(2)16-12-5-4-10(13)7-11(12)14/h1,4-5,7,9,15H,6,8H2,2H3. The summed E-state index contributed by atoms with van der Waals surface area (Å²) >= 11 is 0. The van der Waals surface area contributed by atoms with Gasteiger partial charge in [0, 0.05) is 12.6 Å². The van der Waals surface area contributed by atoms with Crippen LogP contribution in [0.2, 0.25) is 0 Å². The van der Waals surface area contributed by atoms with Gasteiger partial charge >= 0.3 is 0 Å². The van der Waals surface area contributed by atoms with E-state index < -0.39 is 11.6 Å². The molecular weight excluding hydrogens is 212 g/mol. The van der Waals surface area contributed by atoms with Crippen molar-refractivity contribution in [3.63, 3.8) is 0 Å². The van der Waals surface area contributed by atoms with Crippen LogP contribution in [0, 0.1) is 24.0 Å². The first-order chi connectivity index (χ1) is 7.63. The van der Waals surface area contributed by atoms with Crippen molar-refractivity contribution < 1.29 is 13.5 Å². The molecule has 1 unspecified atom stereocenters. The second-order valence-electron chi connectivity index (χ2n) is 3.34. The highest BCUT2D eigenvalue weighted by atomic mass is 19.1. The van der Waals surface area contributed by atoms with E-state index in [1.165, 1.54) is 6.07 Å². The van der Waals surface area contributed by atoms with E-state index in [0.29, 0.717) is 13.1 Å². The van der Waals surface area contributed by atoms with E-state index in [1.54, 1.807) is 6.92 Å². The van der Waals surface area contributed by atoms with E-state index in [4.69, 9.17) is 11.2 Å². The fourth-order valence-electron chi connectivity index (χ4n) is 1.18. The summed E-state index contributed by atoms with van der Waals surface area (Å²) < 4.78 is 31.1. The quantitative estimate of drug-likeness (QED) is 0.611. The highest BCUT2D eigenvalue weighted by Crippen LogP contribution is 2.18. The van der Waals surface area contributed by atoms with Crippen LogP contribution in [-0.4, -0.2) is 19.2 Å². The minimum absolute atomic E-state index is 0.0383. The van der Waals surface area contributed by atoms with Crippen molar-refractivity contribution in [2.75, 3.05) is 13.1 Å². The van der Waals surface area contributed by atoms with Crippen molar-refractivity contribution in [2.24, 2.45) is 0 Å². The first-order valence-electron chi connectivity index (χ1n) is 4.89. The number of rotatable bonds is 5. The van der Waals surface area contributed by atoms with Crippen molar-refractivity contribution in [2.45, 2.75) is 13.0 Å². The van der Waals surface area contributed by atoms with Gasteiger partial charge in [-0.2, -0.15) is 0 Å². The van der Waals surface area contributed by atoms with Crippen LogP contribution < -0.4 is 10.1 Å². The van der Waals surface area contributed by atoms with Gasteiger partial charge in [0.1, 0.15) is 11.9 Å². The van der Waals surface area contributed by atoms with Crippen LogP contribution in [0.4, 0.5) is 8.78 Å². The van der Waals surface area contributed by atoms with Gasteiger partial charge in [0.2, 0.25) is 0 Å². The molecular formula is C12H13F2NO. The zero-order valence-corrected chi connectivity index (χ0v) is 8.97. The Bertz CT molecular complexity index is 387. The van der Waals surface area contributed by atoms with Gasteiger partial charge in [-0.1, -0.05) is 5.92 Å². The lowest BCUT2D eigenvalue weighted by Crippen LogP contribution is -2.29. The lowest BCUT2D eigenvalue weighted by atomic mass is 10.3. The third kappa shape index (κ3) is 3.87. The summed E-state index contributed by atoms with van der Waals surface area (Å²) in [7, 11) is 0. The number of nitrogens with one attached hydrogen (secondary N) is 1. The Morgan fingerprint density at radius 1 is 1.50 bits per heavy atom. The molecule has 0 saturated heterocycles. The van der Waals surface area contributed by atoms with Gasteiger partial charge in [0.15, 0.2) is 11.6 Å². The van der Waals surface area contributed by atoms with Crippen molar-refractivity contribution in [1.29, 1.82) is 0 Å². The molecule has 0 aliphatic heterocycles. The number of ether oxygens (including phenoxy) is 1. The number of terminal acetylenes is 1. The summed E-state index contributed by atoms with van der Waals surface area (Å²) in [4.78, 5) is 0. The van der Waals surface area contributed by atoms with Gasteiger partial charge in [-0.05, 0) is 19.1 Å². The maximum absolute atomic E-state index is 13.2. The Balaban J connectivity index is 2.50. The Kier molecular flexibility index (Phi) is 4.74. The van der Waals surface area contributed by atoms with Gasteiger partial charge in [-0.25, -0.2) is 8.78 Å². The first-order valence-corrected chi connectivity index (χ1v) is 4.89. The maximum Gasteiger partial charge on any atom is 0.167 e. The molecule has 1 rings (SSSR count). The fraction of sp³-hybridized carbons (Fsp3) is 0.333. The molecule has 86 valence electrons. The molecule has 4 heteroatoms. The van der Waals surface area contributed by atoms with Gasteiger partial charge in [0.05, 0.1) is 6.54 Å². The topological polar surface area (TPSA) is 21.3 Å². The Labute approximate surface area is 93.6 Å². The molecule has 1 aromatic rings. The molecule has 2 nitrogen and oxygen atoms in total. The Hall–Kier alpha value is -1.60. The van der Waals surface area contributed by atoms with E-state index in [1.807, 2.05) is 0 Å². The minimum Gasteiger partial charge on any atom is -0.486 e. The van der Waals surface area contributed by atoms with E-state index in [-0.39, 0.29) is 11.9 Å². The third-order valence-corrected chi connectivity index (χ3v) is 1.88. The van der Waals surface area contributed by atoms with Crippen LogP contribution in [0.15, 0.2) is 18.2 Å². The smallest absolute Gasteiger partial charge is 0.167 e. The second kappa shape index (κ2) is 6.09. The molecule has 0 amide bonds. The lowest BCUT2D eigenvalue weighted by molar-refractivity contribution is 0.209. The highest BCUT2D eigenvalue weighted by molar-refractivity contribution is 5.24. The first kappa shape index (κ1) is 12.5. The van der Waals surface area contributed by atoms with Crippen LogP contribution in [0.3, 0.4) is 0 Å². The predicted octanol–water partition coefficient (Wildman–Crippen LogP) is 1.95. The Morgan fingerprint density at radius 3 is 2.88 bits per heavy atom. The van der Waals surface area contributed by atoms with Gasteiger partial charge in [-0.15, -0.1) is 6.42 Å². The number of halogens is 2. The predicted molar refractivity (Wildman–Crippen MR) is 58.2 cm³/mol. The zero-order valence-electron chi connectivity index (χ0n) is 8.97. The fourth-order valence-corrected chi connectivity index (χ4v) is 1.18. The summed E-state index contributed by atoms with van der Waals surface area (Å²) in [6.45, 7) is 2.70. The molecule has 0 saturated carbocycles. The number of benzene rings is 1. The maximum atomic E-state index is 13.2. The molecule has 0 heterocycles. The van der Waals surface area contributed by atoms with Crippen LogP contribution in [-0.2, 0) is 0 Å². The average Bonchev–Trinajstić information content (AvgIpc) is 2.23. The van der Waals surface area contributed by atoms with Gasteiger partial charge < -0.3 is 10.1 Å². The minimum atomic E-state index is -0.705. The summed E-state index contributed by atoms with van der Waals surface area (Å²) in [5.41, 5.74) is 0. The summed E-state index contributed by atoms with van der Waals surface area (Å²) in [6, 6.07) is 3.21. The lowest BCUT2D eigenvalue weighted by Gasteiger charge is -2.15. The van der Waals surface area contributed by atoms with Crippen LogP contribution in [0.25, 0.3) is 0 Å². The van der Waals surface area contributed by atoms with Crippen molar-refractivity contribution in [3.8, 4) is 18.1 Å². The van der Waals surface area contributed by atoms with E-state index in [9.17, 15) is 8.78 Å². The van der Waals surface area contributed by atoms with Crippen LogP contribution in [0.5, 0.6) is 5.75 Å². The largest absolute Gasteiger partial charge is 0.486 e. The average molecular weight is 225 g/mol. The molecule has 1 atom stereocenters. The molecule has 16 heavy (non-hydrogen) atoms. The molecule has 0 fully saturated rings. The van der Waals surface area contributed by atoms with Crippen molar-refractivity contribution in [1.82, 2.24) is 5.32 Å². The van der Waals surface area contributed by atoms with E-state index in [0.717, 1.165) is 12.1 Å². The molecule has 1 N–H and O–H groups in total. The second-order valence-corrected chi connectivity index (χ2v) is 3.34. The molecule has 0 radical (unpaired) electrons. The summed E-state index contributed by atoms with van der Waals surface area (Å²) in [5.74, 6) is 1.13. The molecule has 1 aromatic carbocycles. The van der Waals surface area contributed by atoms with E-state index in [2.05, 4.69) is 11.2 Å². The van der Waals surface area contributed by atoms with Gasteiger partial charge in [0.25, 0.3) is 0 Å². The van der Waals surface area contributed by atoms with Crippen LogP contribution >= 0.6 is 0 Å². The zero-order chi connectivity index (χ0) is 12.0. The monoisotopic (exact) mass is 225 g/mol. The molecule has 0 bridgehead atoms. The number of hydrogen-bond acceptors (Lipinski definition) is 2. The van der Waals surface area contributed by atoms with Crippen LogP contribution in [0.1, 0.15) is 6.92 Å². The summed E-state index contributed by atoms with van der Waals surface area (Å²) in [6.07, 6.45) is 4.81. The third-order valence-electron chi connectivity index (χ3n) is 1.88. The molecule has 0 aliphatic carbocycles.